The quantitative estimate of drug-likeness (QED) is 0.548. The van der Waals surface area contributed by atoms with Gasteiger partial charge < -0.3 is 10.2 Å². The van der Waals surface area contributed by atoms with Gasteiger partial charge in [-0.1, -0.05) is 54.6 Å². The van der Waals surface area contributed by atoms with Gasteiger partial charge in [-0.2, -0.15) is 0 Å². The number of aryl methyl sites for hydroxylation is 2. The van der Waals surface area contributed by atoms with Crippen LogP contribution in [0.4, 0.5) is 5.69 Å². The zero-order valence-corrected chi connectivity index (χ0v) is 16.4. The lowest BCUT2D eigenvalue weighted by molar-refractivity contribution is 0.0979. The number of benzene rings is 2. The summed E-state index contributed by atoms with van der Waals surface area (Å²) in [7, 11) is 0. The standard InChI is InChI=1S/C23H22N4O2/c1-16-8-6-7-11-19(16)13-24-20-12-21(28)27(23-22(20)17(2)25-15-26-23)29-14-18-9-4-3-5-10-18/h3-12,15,24H,13-14H2,1-2H3. The van der Waals surface area contributed by atoms with E-state index in [2.05, 4.69) is 34.3 Å². The highest BCUT2D eigenvalue weighted by Gasteiger charge is 2.14. The minimum absolute atomic E-state index is 0.273. The Bertz CT molecular complexity index is 1200. The molecule has 4 aromatic rings. The number of nitrogens with zero attached hydrogens (tertiary/aromatic N) is 3. The molecule has 0 unspecified atom stereocenters. The van der Waals surface area contributed by atoms with Gasteiger partial charge in [0.05, 0.1) is 16.8 Å². The Labute approximate surface area is 168 Å². The molecule has 0 radical (unpaired) electrons. The highest BCUT2D eigenvalue weighted by Crippen LogP contribution is 2.23. The lowest BCUT2D eigenvalue weighted by Gasteiger charge is -2.16. The fraction of sp³-hybridized carbons (Fsp3) is 0.174. The number of anilines is 1. The summed E-state index contributed by atoms with van der Waals surface area (Å²) < 4.78 is 1.25. The average molecular weight is 386 g/mol. The minimum Gasteiger partial charge on any atom is -0.404 e. The number of rotatable bonds is 6. The van der Waals surface area contributed by atoms with Crippen LogP contribution in [0.3, 0.4) is 0 Å². The van der Waals surface area contributed by atoms with Crippen LogP contribution in [0.5, 0.6) is 0 Å². The number of pyridine rings is 1. The Kier molecular flexibility index (Phi) is 5.24. The molecule has 0 aliphatic carbocycles. The lowest BCUT2D eigenvalue weighted by Crippen LogP contribution is -2.28. The second-order valence-corrected chi connectivity index (χ2v) is 6.89. The van der Waals surface area contributed by atoms with Gasteiger partial charge in [-0.15, -0.1) is 4.73 Å². The van der Waals surface area contributed by atoms with Crippen molar-refractivity contribution in [3.8, 4) is 0 Å². The summed E-state index contributed by atoms with van der Waals surface area (Å²) >= 11 is 0. The van der Waals surface area contributed by atoms with Crippen molar-refractivity contribution >= 4 is 16.7 Å². The summed E-state index contributed by atoms with van der Waals surface area (Å²) in [6.07, 6.45) is 1.45. The van der Waals surface area contributed by atoms with Crippen molar-refractivity contribution in [3.63, 3.8) is 0 Å². The molecule has 2 aromatic carbocycles. The van der Waals surface area contributed by atoms with Crippen molar-refractivity contribution in [2.45, 2.75) is 27.0 Å². The molecule has 6 heteroatoms. The maximum absolute atomic E-state index is 12.8. The van der Waals surface area contributed by atoms with Gasteiger partial charge >= 0.3 is 0 Å². The van der Waals surface area contributed by atoms with Crippen LogP contribution in [-0.4, -0.2) is 14.7 Å². The predicted octanol–water partition coefficient (Wildman–Crippen LogP) is 3.65. The second-order valence-electron chi connectivity index (χ2n) is 6.89. The van der Waals surface area contributed by atoms with Crippen molar-refractivity contribution < 1.29 is 4.84 Å². The first-order valence-electron chi connectivity index (χ1n) is 9.46. The van der Waals surface area contributed by atoms with Crippen LogP contribution in [0.2, 0.25) is 0 Å². The van der Waals surface area contributed by atoms with Gasteiger partial charge in [-0.25, -0.2) is 9.97 Å². The molecule has 0 fully saturated rings. The lowest BCUT2D eigenvalue weighted by atomic mass is 10.1. The van der Waals surface area contributed by atoms with Crippen molar-refractivity contribution in [2.75, 3.05) is 5.32 Å². The zero-order valence-electron chi connectivity index (χ0n) is 16.4. The summed E-state index contributed by atoms with van der Waals surface area (Å²) in [6.45, 7) is 4.84. The van der Waals surface area contributed by atoms with E-state index in [0.29, 0.717) is 17.9 Å². The first kappa shape index (κ1) is 18.7. The molecule has 0 aliphatic rings. The Morgan fingerprint density at radius 1 is 1.00 bits per heavy atom. The molecule has 0 aliphatic heterocycles. The van der Waals surface area contributed by atoms with E-state index in [1.54, 1.807) is 6.07 Å². The molecule has 6 nitrogen and oxygen atoms in total. The van der Waals surface area contributed by atoms with Gasteiger partial charge in [0, 0.05) is 12.6 Å². The van der Waals surface area contributed by atoms with Crippen molar-refractivity contribution in [1.29, 1.82) is 0 Å². The highest BCUT2D eigenvalue weighted by molar-refractivity contribution is 5.90. The summed E-state index contributed by atoms with van der Waals surface area (Å²) in [5.74, 6) is 0. The second kappa shape index (κ2) is 8.14. The normalized spacial score (nSPS) is 10.8. The van der Waals surface area contributed by atoms with Crippen LogP contribution in [-0.2, 0) is 13.2 Å². The van der Waals surface area contributed by atoms with E-state index in [0.717, 1.165) is 16.6 Å². The minimum atomic E-state index is -0.279. The van der Waals surface area contributed by atoms with E-state index in [1.165, 1.54) is 22.2 Å². The van der Waals surface area contributed by atoms with Crippen LogP contribution in [0, 0.1) is 13.8 Å². The molecule has 2 heterocycles. The fourth-order valence-electron chi connectivity index (χ4n) is 3.27. The molecule has 29 heavy (non-hydrogen) atoms. The van der Waals surface area contributed by atoms with Crippen molar-refractivity contribution in [1.82, 2.24) is 14.7 Å². The molecule has 1 N–H and O–H groups in total. The van der Waals surface area contributed by atoms with Gasteiger partial charge in [0.15, 0.2) is 5.65 Å². The van der Waals surface area contributed by atoms with Gasteiger partial charge in [0.2, 0.25) is 0 Å². The van der Waals surface area contributed by atoms with Crippen LogP contribution in [0.1, 0.15) is 22.4 Å². The number of nitrogens with one attached hydrogen (secondary N) is 1. The maximum Gasteiger partial charge on any atom is 0.287 e. The summed E-state index contributed by atoms with van der Waals surface area (Å²) in [5, 5.41) is 4.15. The van der Waals surface area contributed by atoms with Gasteiger partial charge in [-0.05, 0) is 30.5 Å². The molecule has 0 saturated carbocycles. The zero-order chi connectivity index (χ0) is 20.2. The highest BCUT2D eigenvalue weighted by atomic mass is 16.7. The summed E-state index contributed by atoms with van der Waals surface area (Å²) in [4.78, 5) is 27.3. The number of aromatic nitrogens is 3. The smallest absolute Gasteiger partial charge is 0.287 e. The molecule has 0 amide bonds. The number of fused-ring (bicyclic) bond motifs is 1. The van der Waals surface area contributed by atoms with E-state index < -0.39 is 0 Å². The molecule has 0 atom stereocenters. The molecular formula is C23H22N4O2. The fourth-order valence-corrected chi connectivity index (χ4v) is 3.27. The van der Waals surface area contributed by atoms with E-state index >= 15 is 0 Å². The largest absolute Gasteiger partial charge is 0.404 e. The SMILES string of the molecule is Cc1ccccc1CNc1cc(=O)n(OCc2ccccc2)c2ncnc(C)c12. The predicted molar refractivity (Wildman–Crippen MR) is 114 cm³/mol. The van der Waals surface area contributed by atoms with E-state index in [9.17, 15) is 4.79 Å². The third kappa shape index (κ3) is 3.96. The third-order valence-corrected chi connectivity index (χ3v) is 4.88. The monoisotopic (exact) mass is 386 g/mol. The van der Waals surface area contributed by atoms with E-state index in [-0.39, 0.29) is 12.2 Å². The first-order valence-corrected chi connectivity index (χ1v) is 9.46. The Balaban J connectivity index is 1.69. The molecule has 0 bridgehead atoms. The maximum atomic E-state index is 12.8. The molecule has 2 aromatic heterocycles. The van der Waals surface area contributed by atoms with Crippen LogP contribution in [0.25, 0.3) is 11.0 Å². The van der Waals surface area contributed by atoms with Crippen molar-refractivity contribution in [2.24, 2.45) is 0 Å². The molecule has 0 spiro atoms. The number of hydrogen-bond acceptors (Lipinski definition) is 5. The Morgan fingerprint density at radius 2 is 1.76 bits per heavy atom. The Hall–Kier alpha value is -3.67. The van der Waals surface area contributed by atoms with E-state index in [4.69, 9.17) is 4.84 Å². The van der Waals surface area contributed by atoms with Gasteiger partial charge in [-0.3, -0.25) is 4.79 Å². The molecule has 4 rings (SSSR count). The van der Waals surface area contributed by atoms with Gasteiger partial charge in [0.1, 0.15) is 12.9 Å². The average Bonchev–Trinajstić information content (AvgIpc) is 2.73. The topological polar surface area (TPSA) is 69.0 Å². The van der Waals surface area contributed by atoms with Crippen LogP contribution in [0.15, 0.2) is 71.8 Å². The van der Waals surface area contributed by atoms with E-state index in [1.807, 2.05) is 49.4 Å². The van der Waals surface area contributed by atoms with Crippen LogP contribution < -0.4 is 15.7 Å². The van der Waals surface area contributed by atoms with Gasteiger partial charge in [0.25, 0.3) is 5.56 Å². The summed E-state index contributed by atoms with van der Waals surface area (Å²) in [6, 6.07) is 19.4. The molecular weight excluding hydrogens is 364 g/mol. The number of hydrogen-bond donors (Lipinski definition) is 1. The Morgan fingerprint density at radius 3 is 2.55 bits per heavy atom. The van der Waals surface area contributed by atoms with Crippen LogP contribution >= 0.6 is 0 Å². The molecule has 146 valence electrons. The van der Waals surface area contributed by atoms with Crippen molar-refractivity contribution in [3.05, 3.63) is 99.7 Å². The third-order valence-electron chi connectivity index (χ3n) is 4.88. The first-order chi connectivity index (χ1) is 14.1. The summed E-state index contributed by atoms with van der Waals surface area (Å²) in [5.41, 5.74) is 4.98. The molecule has 0 saturated heterocycles.